The second kappa shape index (κ2) is 9.53. The van der Waals surface area contributed by atoms with Gasteiger partial charge in [-0.1, -0.05) is 42.5 Å². The van der Waals surface area contributed by atoms with Gasteiger partial charge in [-0.25, -0.2) is 0 Å². The minimum absolute atomic E-state index is 0.00761. The molecule has 1 unspecified atom stereocenters. The lowest BCUT2D eigenvalue weighted by Gasteiger charge is -2.15. The predicted molar refractivity (Wildman–Crippen MR) is 98.3 cm³/mol. The van der Waals surface area contributed by atoms with E-state index < -0.39 is 0 Å². The summed E-state index contributed by atoms with van der Waals surface area (Å²) in [6, 6.07) is 17.6. The maximum atomic E-state index is 12.2. The van der Waals surface area contributed by atoms with Gasteiger partial charge in [-0.2, -0.15) is 0 Å². The van der Waals surface area contributed by atoms with Gasteiger partial charge < -0.3 is 15.0 Å². The zero-order valence-corrected chi connectivity index (χ0v) is 14.3. The molecule has 0 aliphatic heterocycles. The lowest BCUT2D eigenvalue weighted by molar-refractivity contribution is -0.883. The molecule has 2 rings (SSSR count). The number of amides is 1. The summed E-state index contributed by atoms with van der Waals surface area (Å²) in [5.41, 5.74) is 1.93. The highest BCUT2D eigenvalue weighted by atomic mass is 16.5. The first-order chi connectivity index (χ1) is 11.7. The fourth-order valence-corrected chi connectivity index (χ4v) is 2.40. The summed E-state index contributed by atoms with van der Waals surface area (Å²) in [5, 5.41) is 2.93. The molecule has 2 aromatic carbocycles. The van der Waals surface area contributed by atoms with Gasteiger partial charge in [0, 0.05) is 11.8 Å². The Hall–Kier alpha value is -2.59. The Bertz CT molecular complexity index is 668. The lowest BCUT2D eigenvalue weighted by atomic mass is 10.2. The van der Waals surface area contributed by atoms with Crippen molar-refractivity contribution < 1.29 is 14.4 Å². The van der Waals surface area contributed by atoms with Crippen LogP contribution in [0.15, 0.2) is 60.7 Å². The van der Waals surface area contributed by atoms with Crippen molar-refractivity contribution in [1.29, 1.82) is 0 Å². The van der Waals surface area contributed by atoms with Crippen LogP contribution in [0.2, 0.25) is 0 Å². The van der Waals surface area contributed by atoms with Crippen LogP contribution in [0.5, 0.6) is 5.75 Å². The van der Waals surface area contributed by atoms with Crippen LogP contribution < -0.4 is 15.0 Å². The number of nitrogens with one attached hydrogen (secondary N) is 2. The van der Waals surface area contributed by atoms with Crippen molar-refractivity contribution in [3.05, 3.63) is 66.2 Å². The molecule has 1 amide bonds. The van der Waals surface area contributed by atoms with Gasteiger partial charge in [0.05, 0.1) is 20.2 Å². The first-order valence-corrected chi connectivity index (χ1v) is 8.20. The van der Waals surface area contributed by atoms with E-state index in [1.165, 1.54) is 10.5 Å². The highest BCUT2D eigenvalue weighted by molar-refractivity contribution is 5.91. The van der Waals surface area contributed by atoms with Gasteiger partial charge in [-0.15, -0.1) is 0 Å². The largest absolute Gasteiger partial charge is 0.497 e. The van der Waals surface area contributed by atoms with Crippen LogP contribution in [0.1, 0.15) is 12.5 Å². The van der Waals surface area contributed by atoms with Crippen LogP contribution in [0.25, 0.3) is 6.08 Å². The lowest BCUT2D eigenvalue weighted by Crippen LogP contribution is -3.12. The van der Waals surface area contributed by atoms with E-state index in [-0.39, 0.29) is 5.91 Å². The zero-order chi connectivity index (χ0) is 17.2. The SMILES string of the molecule is CC[NH+](C/C=C/c1ccccc1)CC(=O)Nc1cccc(OC)c1. The topological polar surface area (TPSA) is 42.8 Å². The Labute approximate surface area is 143 Å². The maximum absolute atomic E-state index is 12.2. The summed E-state index contributed by atoms with van der Waals surface area (Å²) in [5.74, 6) is 0.742. The minimum Gasteiger partial charge on any atom is -0.497 e. The van der Waals surface area contributed by atoms with Crippen molar-refractivity contribution in [2.75, 3.05) is 32.1 Å². The van der Waals surface area contributed by atoms with Crippen LogP contribution in [0, 0.1) is 0 Å². The number of hydrogen-bond donors (Lipinski definition) is 2. The molecule has 4 heteroatoms. The third kappa shape index (κ3) is 5.89. The zero-order valence-electron chi connectivity index (χ0n) is 14.3. The van der Waals surface area contributed by atoms with Gasteiger partial charge in [0.15, 0.2) is 6.54 Å². The molecule has 0 aliphatic rings. The molecule has 0 bridgehead atoms. The van der Waals surface area contributed by atoms with Crippen molar-refractivity contribution in [2.45, 2.75) is 6.92 Å². The molecular formula is C20H25N2O2+. The van der Waals surface area contributed by atoms with Crippen molar-refractivity contribution >= 4 is 17.7 Å². The third-order valence-corrected chi connectivity index (χ3v) is 3.78. The Balaban J connectivity index is 1.85. The summed E-state index contributed by atoms with van der Waals surface area (Å²) < 4.78 is 5.17. The summed E-state index contributed by atoms with van der Waals surface area (Å²) in [6.07, 6.45) is 4.21. The van der Waals surface area contributed by atoms with Gasteiger partial charge in [0.25, 0.3) is 5.91 Å². The number of likely N-dealkylation sites (N-methyl/N-ethyl adjacent to an activating group) is 1. The van der Waals surface area contributed by atoms with Crippen LogP contribution in [-0.4, -0.2) is 32.7 Å². The number of rotatable bonds is 8. The molecule has 0 spiro atoms. The molecule has 0 aromatic heterocycles. The normalized spacial score (nSPS) is 12.1. The van der Waals surface area contributed by atoms with E-state index in [0.29, 0.717) is 6.54 Å². The fourth-order valence-electron chi connectivity index (χ4n) is 2.40. The van der Waals surface area contributed by atoms with Crippen LogP contribution >= 0.6 is 0 Å². The maximum Gasteiger partial charge on any atom is 0.279 e. The molecule has 0 fully saturated rings. The monoisotopic (exact) mass is 325 g/mol. The summed E-state index contributed by atoms with van der Waals surface area (Å²) >= 11 is 0. The average molecular weight is 325 g/mol. The van der Waals surface area contributed by atoms with E-state index in [1.807, 2.05) is 42.5 Å². The van der Waals surface area contributed by atoms with Crippen molar-refractivity contribution in [3.63, 3.8) is 0 Å². The molecule has 0 saturated heterocycles. The summed E-state index contributed by atoms with van der Waals surface area (Å²) in [4.78, 5) is 13.4. The van der Waals surface area contributed by atoms with Crippen molar-refractivity contribution in [2.24, 2.45) is 0 Å². The Morgan fingerprint density at radius 3 is 2.67 bits per heavy atom. The first kappa shape index (κ1) is 17.8. The van der Waals surface area contributed by atoms with Crippen molar-refractivity contribution in [1.82, 2.24) is 0 Å². The molecular weight excluding hydrogens is 300 g/mol. The number of anilines is 1. The van der Waals surface area contributed by atoms with Gasteiger partial charge >= 0.3 is 0 Å². The van der Waals surface area contributed by atoms with E-state index in [4.69, 9.17) is 4.74 Å². The van der Waals surface area contributed by atoms with E-state index in [0.717, 1.165) is 24.5 Å². The molecule has 4 nitrogen and oxygen atoms in total. The number of benzene rings is 2. The summed E-state index contributed by atoms with van der Waals surface area (Å²) in [7, 11) is 1.61. The Morgan fingerprint density at radius 2 is 1.96 bits per heavy atom. The van der Waals surface area contributed by atoms with E-state index in [9.17, 15) is 4.79 Å². The number of ether oxygens (including phenoxy) is 1. The molecule has 2 aromatic rings. The highest BCUT2D eigenvalue weighted by Crippen LogP contribution is 2.16. The van der Waals surface area contributed by atoms with E-state index in [2.05, 4.69) is 36.5 Å². The second-order valence-corrected chi connectivity index (χ2v) is 5.58. The fraction of sp³-hybridized carbons (Fsp3) is 0.250. The molecule has 0 aliphatic carbocycles. The third-order valence-electron chi connectivity index (χ3n) is 3.78. The predicted octanol–water partition coefficient (Wildman–Crippen LogP) is 2.25. The quantitative estimate of drug-likeness (QED) is 0.782. The standard InChI is InChI=1S/C20H24N2O2/c1-3-22(14-8-11-17-9-5-4-6-10-17)16-20(23)21-18-12-7-13-19(15-18)24-2/h4-13,15H,3,14,16H2,1-2H3,(H,21,23)/p+1/b11-8+. The number of methoxy groups -OCH3 is 1. The van der Waals surface area contributed by atoms with Crippen LogP contribution in [0.3, 0.4) is 0 Å². The Kier molecular flexibility index (Phi) is 7.05. The van der Waals surface area contributed by atoms with Crippen LogP contribution in [0.4, 0.5) is 5.69 Å². The van der Waals surface area contributed by atoms with Gasteiger partial charge in [0.1, 0.15) is 5.75 Å². The molecule has 1 atom stereocenters. The van der Waals surface area contributed by atoms with Crippen LogP contribution in [-0.2, 0) is 4.79 Å². The van der Waals surface area contributed by atoms with Gasteiger partial charge in [0.2, 0.25) is 0 Å². The number of carbonyl (C=O) groups excluding carboxylic acids is 1. The molecule has 0 radical (unpaired) electrons. The molecule has 2 N–H and O–H groups in total. The number of carbonyl (C=O) groups is 1. The number of quaternary nitrogens is 1. The van der Waals surface area contributed by atoms with E-state index in [1.54, 1.807) is 7.11 Å². The minimum atomic E-state index is 0.00761. The van der Waals surface area contributed by atoms with E-state index >= 15 is 0 Å². The first-order valence-electron chi connectivity index (χ1n) is 8.20. The summed E-state index contributed by atoms with van der Waals surface area (Å²) in [6.45, 7) is 4.24. The molecule has 0 heterocycles. The van der Waals surface area contributed by atoms with Gasteiger partial charge in [-0.05, 0) is 30.7 Å². The van der Waals surface area contributed by atoms with Gasteiger partial charge in [-0.3, -0.25) is 4.79 Å². The second-order valence-electron chi connectivity index (χ2n) is 5.58. The molecule has 0 saturated carbocycles. The average Bonchev–Trinajstić information content (AvgIpc) is 2.62. The Morgan fingerprint density at radius 1 is 1.17 bits per heavy atom. The molecule has 24 heavy (non-hydrogen) atoms. The number of hydrogen-bond acceptors (Lipinski definition) is 2. The smallest absolute Gasteiger partial charge is 0.279 e. The highest BCUT2D eigenvalue weighted by Gasteiger charge is 2.11. The van der Waals surface area contributed by atoms with Crippen molar-refractivity contribution in [3.8, 4) is 5.75 Å². The molecule has 126 valence electrons.